The normalized spacial score (nSPS) is 15.1. The fourth-order valence-corrected chi connectivity index (χ4v) is 3.80. The largest absolute Gasteiger partial charge is 0.493 e. The Labute approximate surface area is 186 Å². The van der Waals surface area contributed by atoms with E-state index in [0.717, 1.165) is 28.1 Å². The molecular weight excluding hydrogens is 408 g/mol. The summed E-state index contributed by atoms with van der Waals surface area (Å²) in [6.07, 6.45) is 0.0786. The van der Waals surface area contributed by atoms with Crippen LogP contribution in [0.1, 0.15) is 30.9 Å². The number of benzene rings is 2. The summed E-state index contributed by atoms with van der Waals surface area (Å²) in [5, 5.41) is 17.3. The van der Waals surface area contributed by atoms with Gasteiger partial charge in [0, 0.05) is 5.56 Å². The molecule has 3 N–H and O–H groups in total. The van der Waals surface area contributed by atoms with Crippen LogP contribution in [-0.2, 0) is 0 Å². The van der Waals surface area contributed by atoms with E-state index in [1.807, 2.05) is 50.2 Å². The molecule has 1 aromatic heterocycles. The second-order valence-electron chi connectivity index (χ2n) is 7.55. The lowest BCUT2D eigenvalue weighted by molar-refractivity contribution is 0.242. The van der Waals surface area contributed by atoms with E-state index < -0.39 is 5.92 Å². The molecule has 0 saturated carbocycles. The first-order valence-electron chi connectivity index (χ1n) is 10.1. The molecule has 0 spiro atoms. The van der Waals surface area contributed by atoms with Crippen LogP contribution in [0.15, 0.2) is 53.9 Å². The number of ether oxygens (including phenoxy) is 4. The van der Waals surface area contributed by atoms with Crippen LogP contribution >= 0.6 is 0 Å². The van der Waals surface area contributed by atoms with E-state index in [4.69, 9.17) is 24.7 Å². The molecule has 1 unspecified atom stereocenters. The van der Waals surface area contributed by atoms with Crippen molar-refractivity contribution >= 4 is 0 Å². The van der Waals surface area contributed by atoms with Gasteiger partial charge in [0.05, 0.1) is 37.5 Å². The number of aromatic nitrogens is 2. The summed E-state index contributed by atoms with van der Waals surface area (Å²) in [4.78, 5) is 0. The van der Waals surface area contributed by atoms with Crippen LogP contribution in [0.3, 0.4) is 0 Å². The Balaban J connectivity index is 1.84. The second kappa shape index (κ2) is 8.55. The zero-order valence-electron chi connectivity index (χ0n) is 18.3. The topological polar surface area (TPSA) is 115 Å². The number of nitrogens with two attached hydrogens (primary N) is 1. The number of hydrogen-bond donors (Lipinski definition) is 2. The molecule has 1 aliphatic heterocycles. The molecule has 8 heteroatoms. The Bertz CT molecular complexity index is 1210. The van der Waals surface area contributed by atoms with Gasteiger partial charge in [-0.25, -0.2) is 0 Å². The van der Waals surface area contributed by atoms with Gasteiger partial charge in [0.25, 0.3) is 0 Å². The highest BCUT2D eigenvalue weighted by molar-refractivity contribution is 5.71. The zero-order chi connectivity index (χ0) is 22.8. The average molecular weight is 432 g/mol. The molecule has 0 saturated heterocycles. The number of hydrogen-bond acceptors (Lipinski definition) is 7. The summed E-state index contributed by atoms with van der Waals surface area (Å²) in [5.74, 6) is 1.77. The van der Waals surface area contributed by atoms with Gasteiger partial charge in [-0.15, -0.1) is 5.10 Å². The Morgan fingerprint density at radius 3 is 2.44 bits per heavy atom. The number of H-pyrrole nitrogens is 1. The predicted molar refractivity (Wildman–Crippen MR) is 119 cm³/mol. The molecule has 1 aliphatic rings. The van der Waals surface area contributed by atoms with E-state index in [1.54, 1.807) is 20.3 Å². The monoisotopic (exact) mass is 432 g/mol. The predicted octanol–water partition coefficient (Wildman–Crippen LogP) is 4.10. The molecule has 32 heavy (non-hydrogen) atoms. The minimum absolute atomic E-state index is 0.0264. The summed E-state index contributed by atoms with van der Waals surface area (Å²) < 4.78 is 22.2. The number of nitrogens with one attached hydrogen (secondary N) is 1. The number of rotatable bonds is 6. The standard InChI is InChI=1S/C24H24N4O4/c1-13(2)31-16-8-5-14(6-9-16)22-21-20(15-7-10-18(29-3)19(11-15)30-4)17(12-25)23(26)32-24(21)28-27-22/h5-11,13,20H,26H2,1-4H3,(H,27,28). The van der Waals surface area contributed by atoms with E-state index in [9.17, 15) is 5.26 Å². The van der Waals surface area contributed by atoms with Crippen molar-refractivity contribution in [2.24, 2.45) is 5.73 Å². The van der Waals surface area contributed by atoms with Gasteiger partial charge in [0.15, 0.2) is 11.5 Å². The molecule has 164 valence electrons. The van der Waals surface area contributed by atoms with Crippen LogP contribution < -0.4 is 24.7 Å². The number of allylic oxidation sites excluding steroid dienone is 1. The molecule has 0 fully saturated rings. The van der Waals surface area contributed by atoms with Crippen molar-refractivity contribution in [1.29, 1.82) is 5.26 Å². The minimum Gasteiger partial charge on any atom is -0.493 e. The Hall–Kier alpha value is -4.12. The molecule has 1 atom stereocenters. The molecule has 0 radical (unpaired) electrons. The molecule has 0 bridgehead atoms. The third kappa shape index (κ3) is 3.69. The van der Waals surface area contributed by atoms with Gasteiger partial charge in [-0.1, -0.05) is 6.07 Å². The molecule has 8 nitrogen and oxygen atoms in total. The molecule has 4 rings (SSSR count). The minimum atomic E-state index is -0.496. The van der Waals surface area contributed by atoms with Gasteiger partial charge in [-0.05, 0) is 55.8 Å². The van der Waals surface area contributed by atoms with Crippen molar-refractivity contribution in [3.05, 3.63) is 65.0 Å². The first-order chi connectivity index (χ1) is 15.5. The van der Waals surface area contributed by atoms with Gasteiger partial charge in [0.2, 0.25) is 11.8 Å². The van der Waals surface area contributed by atoms with E-state index in [1.165, 1.54) is 0 Å². The highest BCUT2D eigenvalue weighted by Gasteiger charge is 2.36. The van der Waals surface area contributed by atoms with Crippen LogP contribution in [0.5, 0.6) is 23.1 Å². The van der Waals surface area contributed by atoms with Crippen molar-refractivity contribution in [3.63, 3.8) is 0 Å². The lowest BCUT2D eigenvalue weighted by Crippen LogP contribution is -2.21. The fourth-order valence-electron chi connectivity index (χ4n) is 3.80. The lowest BCUT2D eigenvalue weighted by atomic mass is 9.83. The van der Waals surface area contributed by atoms with E-state index in [2.05, 4.69) is 16.3 Å². The summed E-state index contributed by atoms with van der Waals surface area (Å²) >= 11 is 0. The fraction of sp³-hybridized carbons (Fsp3) is 0.250. The number of nitrogens with zero attached hydrogens (tertiary/aromatic N) is 2. The van der Waals surface area contributed by atoms with Crippen molar-refractivity contribution in [2.75, 3.05) is 14.2 Å². The highest BCUT2D eigenvalue weighted by atomic mass is 16.5. The third-order valence-electron chi connectivity index (χ3n) is 5.19. The highest BCUT2D eigenvalue weighted by Crippen LogP contribution is 2.47. The second-order valence-corrected chi connectivity index (χ2v) is 7.55. The number of fused-ring (bicyclic) bond motifs is 1. The van der Waals surface area contributed by atoms with E-state index >= 15 is 0 Å². The first-order valence-corrected chi connectivity index (χ1v) is 10.1. The van der Waals surface area contributed by atoms with Crippen LogP contribution in [0, 0.1) is 11.3 Å². The average Bonchev–Trinajstić information content (AvgIpc) is 3.21. The Morgan fingerprint density at radius 2 is 1.81 bits per heavy atom. The lowest BCUT2D eigenvalue weighted by Gasteiger charge is -2.24. The van der Waals surface area contributed by atoms with Crippen LogP contribution in [-0.4, -0.2) is 30.5 Å². The summed E-state index contributed by atoms with van der Waals surface area (Å²) in [6, 6.07) is 15.4. The molecule has 2 heterocycles. The molecule has 0 aliphatic carbocycles. The van der Waals surface area contributed by atoms with E-state index in [-0.39, 0.29) is 12.0 Å². The molecular formula is C24H24N4O4. The van der Waals surface area contributed by atoms with Gasteiger partial charge in [-0.3, -0.25) is 5.10 Å². The maximum absolute atomic E-state index is 9.89. The smallest absolute Gasteiger partial charge is 0.244 e. The Kier molecular flexibility index (Phi) is 5.65. The zero-order valence-corrected chi connectivity index (χ0v) is 18.3. The summed E-state index contributed by atoms with van der Waals surface area (Å²) in [7, 11) is 3.14. The number of methoxy groups -OCH3 is 2. The van der Waals surface area contributed by atoms with Crippen LogP contribution in [0.4, 0.5) is 0 Å². The first kappa shape index (κ1) is 21.1. The number of aromatic amines is 1. The summed E-state index contributed by atoms with van der Waals surface area (Å²) in [6.45, 7) is 3.95. The van der Waals surface area contributed by atoms with Crippen molar-refractivity contribution < 1.29 is 18.9 Å². The quantitative estimate of drug-likeness (QED) is 0.602. The van der Waals surface area contributed by atoms with Crippen LogP contribution in [0.2, 0.25) is 0 Å². The maximum atomic E-state index is 9.89. The summed E-state index contributed by atoms with van der Waals surface area (Å²) in [5.41, 5.74) is 9.51. The van der Waals surface area contributed by atoms with Crippen LogP contribution in [0.25, 0.3) is 11.3 Å². The Morgan fingerprint density at radius 1 is 1.09 bits per heavy atom. The molecule has 2 aromatic carbocycles. The molecule has 0 amide bonds. The van der Waals surface area contributed by atoms with Gasteiger partial charge >= 0.3 is 0 Å². The van der Waals surface area contributed by atoms with Crippen molar-refractivity contribution in [3.8, 4) is 40.5 Å². The maximum Gasteiger partial charge on any atom is 0.244 e. The van der Waals surface area contributed by atoms with Gasteiger partial charge in [0.1, 0.15) is 17.4 Å². The molecule has 3 aromatic rings. The van der Waals surface area contributed by atoms with E-state index in [0.29, 0.717) is 23.0 Å². The third-order valence-corrected chi connectivity index (χ3v) is 5.19. The van der Waals surface area contributed by atoms with Crippen molar-refractivity contribution in [2.45, 2.75) is 25.9 Å². The SMILES string of the molecule is COc1ccc(C2C(C#N)=C(N)Oc3n[nH]c(-c4ccc(OC(C)C)cc4)c32)cc1OC. The van der Waals surface area contributed by atoms with Crippen molar-refractivity contribution in [1.82, 2.24) is 10.2 Å². The van der Waals surface area contributed by atoms with Gasteiger partial charge in [-0.2, -0.15) is 5.26 Å². The van der Waals surface area contributed by atoms with Gasteiger partial charge < -0.3 is 24.7 Å². The number of nitriles is 1.